The maximum absolute atomic E-state index is 12.2. The molecule has 19 nitrogen and oxygen atoms in total. The molecular weight excluding hydrogens is 507 g/mol. The van der Waals surface area contributed by atoms with Gasteiger partial charge in [-0.2, -0.15) is 8.62 Å². The molecule has 1 fully saturated rings. The molecule has 2 heterocycles. The van der Waals surface area contributed by atoms with Crippen molar-refractivity contribution < 1.29 is 56.3 Å². The fourth-order valence-electron chi connectivity index (χ4n) is 2.55. The Balaban J connectivity index is 2.22. The van der Waals surface area contributed by atoms with Gasteiger partial charge in [-0.3, -0.25) is 18.9 Å². The second kappa shape index (κ2) is 9.29. The van der Waals surface area contributed by atoms with Gasteiger partial charge < -0.3 is 29.4 Å². The summed E-state index contributed by atoms with van der Waals surface area (Å²) in [6.07, 6.45) is -2.81. The summed E-state index contributed by atoms with van der Waals surface area (Å²) in [5, 5.41) is 13.5. The van der Waals surface area contributed by atoms with Crippen LogP contribution < -0.4 is 11.2 Å². The van der Waals surface area contributed by atoms with Crippen molar-refractivity contribution in [1.82, 2.24) is 9.55 Å². The van der Waals surface area contributed by atoms with Gasteiger partial charge in [0.1, 0.15) is 6.10 Å². The molecule has 0 amide bonds. The number of phosphoric acid groups is 3. The van der Waals surface area contributed by atoms with E-state index in [0.29, 0.717) is 4.57 Å². The Bertz CT molecular complexity index is 1180. The number of nitrogens with zero attached hydrogens (tertiary/aromatic N) is 4. The fourth-order valence-corrected chi connectivity index (χ4v) is 5.58. The molecule has 1 aromatic heterocycles. The number of aliphatic hydroxyl groups is 1. The van der Waals surface area contributed by atoms with Crippen LogP contribution in [0.1, 0.15) is 12.0 Å². The van der Waals surface area contributed by atoms with Crippen LogP contribution >= 0.6 is 23.5 Å². The third-order valence-corrected chi connectivity index (χ3v) is 7.56. The Morgan fingerprint density at radius 3 is 2.47 bits per heavy atom. The predicted molar refractivity (Wildman–Crippen MR) is 98.5 cm³/mol. The zero-order valence-electron chi connectivity index (χ0n) is 15.7. The van der Waals surface area contributed by atoms with Gasteiger partial charge in [-0.1, -0.05) is 0 Å². The van der Waals surface area contributed by atoms with E-state index < -0.39 is 65.8 Å². The van der Waals surface area contributed by atoms with Gasteiger partial charge in [-0.05, 0) is 17.6 Å². The molecule has 1 aliphatic rings. The summed E-state index contributed by atoms with van der Waals surface area (Å²) in [6.45, 7) is 0.251. The van der Waals surface area contributed by atoms with E-state index in [9.17, 15) is 33.3 Å². The van der Waals surface area contributed by atoms with Crippen LogP contribution in [0.3, 0.4) is 0 Å². The Kier molecular flexibility index (Phi) is 7.71. The summed E-state index contributed by atoms with van der Waals surface area (Å²) >= 11 is 0. The normalized spacial score (nSPS) is 27.3. The summed E-state index contributed by atoms with van der Waals surface area (Å²) < 4.78 is 51.2. The first kappa shape index (κ1) is 26.6. The van der Waals surface area contributed by atoms with Crippen LogP contribution in [-0.4, -0.2) is 53.0 Å². The molecule has 0 bridgehead atoms. The van der Waals surface area contributed by atoms with Gasteiger partial charge in [0, 0.05) is 23.1 Å². The lowest BCUT2D eigenvalue weighted by atomic mass is 10.1. The molecule has 1 aliphatic heterocycles. The molecule has 22 heteroatoms. The fraction of sp³-hybridized carbons (Fsp3) is 0.600. The van der Waals surface area contributed by atoms with Gasteiger partial charge in [0.05, 0.1) is 12.7 Å². The van der Waals surface area contributed by atoms with Crippen molar-refractivity contribution in [3.8, 4) is 0 Å². The first-order valence-corrected chi connectivity index (χ1v) is 12.5. The maximum atomic E-state index is 12.2. The van der Waals surface area contributed by atoms with Crippen LogP contribution in [0.15, 0.2) is 20.9 Å². The smallest absolute Gasteiger partial charge is 0.390 e. The Hall–Kier alpha value is -1.68. The zero-order valence-corrected chi connectivity index (χ0v) is 18.4. The highest BCUT2D eigenvalue weighted by Gasteiger charge is 2.49. The second-order valence-corrected chi connectivity index (χ2v) is 10.6. The number of hydrogen-bond donors (Lipinski definition) is 6. The topological polar surface area (TPSA) is 293 Å². The minimum Gasteiger partial charge on any atom is -0.390 e. The average molecular weight is 523 g/mol. The number of azide groups is 1. The second-order valence-electron chi connectivity index (χ2n) is 6.19. The molecule has 3 unspecified atom stereocenters. The van der Waals surface area contributed by atoms with Gasteiger partial charge >= 0.3 is 29.2 Å². The number of aromatic nitrogens is 2. The van der Waals surface area contributed by atoms with Crippen LogP contribution in [0.25, 0.3) is 10.4 Å². The summed E-state index contributed by atoms with van der Waals surface area (Å²) in [5.74, 6) is -2.23. The summed E-state index contributed by atoms with van der Waals surface area (Å²) in [6, 6.07) is 0. The molecule has 0 aliphatic carbocycles. The standard InChI is InChI=1S/C10H16N5O14P3/c1-5-3-15(9(18)12-8(5)17)10(13-14-11)2-6(16)7(27-10)4-26-31(22,23)29-32(24,25)28-30(19,20)21/h3,6-7,16H,2,4H2,1H3,(H,22,23)(H,24,25)(H,12,17,18)(H2,19,20,21)/t6?,7-,10+/m1/s1. The van der Waals surface area contributed by atoms with Gasteiger partial charge in [-0.25, -0.2) is 18.5 Å². The third kappa shape index (κ3) is 6.66. The molecule has 1 saturated heterocycles. The van der Waals surface area contributed by atoms with Crippen molar-refractivity contribution in [2.75, 3.05) is 6.61 Å². The van der Waals surface area contributed by atoms with E-state index in [-0.39, 0.29) is 5.56 Å². The summed E-state index contributed by atoms with van der Waals surface area (Å²) in [5.41, 5.74) is 7.04. The Morgan fingerprint density at radius 2 is 1.91 bits per heavy atom. The number of ether oxygens (including phenoxy) is 1. The van der Waals surface area contributed by atoms with Gasteiger partial charge in [-0.15, -0.1) is 0 Å². The molecule has 0 radical (unpaired) electrons. The minimum atomic E-state index is -5.76. The number of nitrogens with one attached hydrogen (secondary N) is 1. The van der Waals surface area contributed by atoms with Crippen LogP contribution in [-0.2, 0) is 37.4 Å². The lowest BCUT2D eigenvalue weighted by Gasteiger charge is -2.26. The SMILES string of the molecule is Cc1cn([C@@]2(N=[N+]=[N-])CC(O)[C@@H](COP(=O)(O)OP(=O)(O)OP(=O)(O)O)O2)c(=O)[nH]c1=O. The lowest BCUT2D eigenvalue weighted by Crippen LogP contribution is -2.43. The Morgan fingerprint density at radius 1 is 1.28 bits per heavy atom. The van der Waals surface area contributed by atoms with Crippen molar-refractivity contribution in [2.45, 2.75) is 31.4 Å². The highest BCUT2D eigenvalue weighted by molar-refractivity contribution is 7.66. The number of aryl methyl sites for hydroxylation is 1. The molecule has 1 aromatic rings. The molecule has 6 N–H and O–H groups in total. The van der Waals surface area contributed by atoms with E-state index in [4.69, 9.17) is 24.9 Å². The van der Waals surface area contributed by atoms with Gasteiger partial charge in [0.25, 0.3) is 5.56 Å². The zero-order chi connectivity index (χ0) is 24.5. The van der Waals surface area contributed by atoms with E-state index >= 15 is 0 Å². The molecule has 0 spiro atoms. The maximum Gasteiger partial charge on any atom is 0.490 e. The average Bonchev–Trinajstić information content (AvgIpc) is 2.90. The van der Waals surface area contributed by atoms with Gasteiger partial charge in [0.2, 0.25) is 5.85 Å². The van der Waals surface area contributed by atoms with Crippen molar-refractivity contribution in [2.24, 2.45) is 5.11 Å². The van der Waals surface area contributed by atoms with E-state index in [0.717, 1.165) is 6.20 Å². The molecular formula is C10H16N5O14P3. The lowest BCUT2D eigenvalue weighted by molar-refractivity contribution is -0.114. The van der Waals surface area contributed by atoms with E-state index in [2.05, 4.69) is 23.2 Å². The number of H-pyrrole nitrogens is 1. The number of hydrogen-bond acceptors (Lipinski definition) is 11. The van der Waals surface area contributed by atoms with Crippen LogP contribution in [0, 0.1) is 6.92 Å². The van der Waals surface area contributed by atoms with Crippen molar-refractivity contribution in [3.63, 3.8) is 0 Å². The third-order valence-electron chi connectivity index (χ3n) is 3.76. The molecule has 0 aromatic carbocycles. The van der Waals surface area contributed by atoms with E-state index in [1.807, 2.05) is 4.98 Å². The van der Waals surface area contributed by atoms with Gasteiger partial charge in [0.15, 0.2) is 0 Å². The van der Waals surface area contributed by atoms with Crippen molar-refractivity contribution >= 4 is 23.5 Å². The molecule has 5 atom stereocenters. The number of rotatable bonds is 9. The molecule has 0 saturated carbocycles. The van der Waals surface area contributed by atoms with E-state index in [1.54, 1.807) is 0 Å². The number of aliphatic hydroxyl groups excluding tert-OH is 1. The molecule has 32 heavy (non-hydrogen) atoms. The first-order chi connectivity index (χ1) is 14.5. The monoisotopic (exact) mass is 523 g/mol. The highest BCUT2D eigenvalue weighted by Crippen LogP contribution is 2.66. The first-order valence-electron chi connectivity index (χ1n) is 8.03. The largest absolute Gasteiger partial charge is 0.490 e. The summed E-state index contributed by atoms with van der Waals surface area (Å²) in [7, 11) is -16.9. The summed E-state index contributed by atoms with van der Waals surface area (Å²) in [4.78, 5) is 63.7. The highest BCUT2D eigenvalue weighted by atomic mass is 31.3. The Labute approximate surface area is 176 Å². The van der Waals surface area contributed by atoms with E-state index in [1.165, 1.54) is 6.92 Å². The quantitative estimate of drug-likeness (QED) is 0.101. The minimum absolute atomic E-state index is 0.00641. The number of phosphoric ester groups is 1. The van der Waals surface area contributed by atoms with Crippen LogP contribution in [0.2, 0.25) is 0 Å². The predicted octanol–water partition coefficient (Wildman–Crippen LogP) is -0.741. The molecule has 180 valence electrons. The molecule has 2 rings (SSSR count). The van der Waals surface area contributed by atoms with Crippen LogP contribution in [0.4, 0.5) is 0 Å². The van der Waals surface area contributed by atoms with Crippen LogP contribution in [0.5, 0.6) is 0 Å². The van der Waals surface area contributed by atoms with Crippen molar-refractivity contribution in [1.29, 1.82) is 0 Å². The van der Waals surface area contributed by atoms with Crippen molar-refractivity contribution in [3.05, 3.63) is 43.0 Å². The number of aromatic amines is 1.